The fraction of sp³-hybridized carbons (Fsp3) is 0.944. The second-order valence-corrected chi connectivity index (χ2v) is 7.35. The zero-order valence-corrected chi connectivity index (χ0v) is 13.6. The van der Waals surface area contributed by atoms with Crippen molar-refractivity contribution in [3.63, 3.8) is 0 Å². The van der Waals surface area contributed by atoms with Crippen molar-refractivity contribution in [3.8, 4) is 0 Å². The molecule has 0 bridgehead atoms. The fourth-order valence-corrected chi connectivity index (χ4v) is 4.74. The van der Waals surface area contributed by atoms with Gasteiger partial charge in [0.05, 0.1) is 12.7 Å². The van der Waals surface area contributed by atoms with Crippen LogP contribution in [0.3, 0.4) is 0 Å². The van der Waals surface area contributed by atoms with Crippen molar-refractivity contribution in [2.75, 3.05) is 19.7 Å². The molecule has 0 aromatic carbocycles. The molecule has 21 heavy (non-hydrogen) atoms. The maximum Gasteiger partial charge on any atom is 0.137 e. The van der Waals surface area contributed by atoms with E-state index in [1.54, 1.807) is 0 Å². The van der Waals surface area contributed by atoms with Crippen LogP contribution in [0.2, 0.25) is 0 Å². The van der Waals surface area contributed by atoms with E-state index in [0.717, 1.165) is 44.9 Å². The Morgan fingerprint density at radius 3 is 2.95 bits per heavy atom. The number of hydrogen-bond acceptors (Lipinski definition) is 3. The van der Waals surface area contributed by atoms with Crippen LogP contribution in [0.15, 0.2) is 0 Å². The first-order valence-corrected chi connectivity index (χ1v) is 9.16. The van der Waals surface area contributed by atoms with Gasteiger partial charge in [0.1, 0.15) is 5.78 Å². The third kappa shape index (κ3) is 3.68. The van der Waals surface area contributed by atoms with Gasteiger partial charge in [0.25, 0.3) is 0 Å². The second-order valence-electron chi connectivity index (χ2n) is 7.35. The van der Waals surface area contributed by atoms with E-state index < -0.39 is 0 Å². The highest BCUT2D eigenvalue weighted by Gasteiger charge is 2.37. The Morgan fingerprint density at radius 2 is 2.10 bits per heavy atom. The summed E-state index contributed by atoms with van der Waals surface area (Å²) in [5, 5.41) is 0. The lowest BCUT2D eigenvalue weighted by molar-refractivity contribution is -0.130. The van der Waals surface area contributed by atoms with Crippen LogP contribution in [0, 0.1) is 11.8 Å². The quantitative estimate of drug-likeness (QED) is 0.795. The van der Waals surface area contributed by atoms with E-state index >= 15 is 0 Å². The van der Waals surface area contributed by atoms with Crippen molar-refractivity contribution < 1.29 is 9.53 Å². The first kappa shape index (κ1) is 15.5. The van der Waals surface area contributed by atoms with Crippen molar-refractivity contribution in [3.05, 3.63) is 0 Å². The van der Waals surface area contributed by atoms with E-state index in [1.165, 1.54) is 38.5 Å². The van der Waals surface area contributed by atoms with E-state index in [1.807, 2.05) is 0 Å². The zero-order chi connectivity index (χ0) is 14.7. The normalized spacial score (nSPS) is 38.2. The monoisotopic (exact) mass is 293 g/mol. The lowest BCUT2D eigenvalue weighted by Gasteiger charge is -2.45. The summed E-state index contributed by atoms with van der Waals surface area (Å²) in [6, 6.07) is 0.590. The summed E-state index contributed by atoms with van der Waals surface area (Å²) < 4.78 is 5.96. The van der Waals surface area contributed by atoms with Gasteiger partial charge in [-0.1, -0.05) is 32.6 Å². The highest BCUT2D eigenvalue weighted by atomic mass is 16.5. The molecule has 0 amide bonds. The van der Waals surface area contributed by atoms with Crippen LogP contribution in [0.1, 0.15) is 64.7 Å². The number of rotatable bonds is 4. The molecule has 1 heterocycles. The van der Waals surface area contributed by atoms with Crippen molar-refractivity contribution >= 4 is 5.78 Å². The van der Waals surface area contributed by atoms with Crippen LogP contribution in [0.4, 0.5) is 0 Å². The average Bonchev–Trinajstić information content (AvgIpc) is 2.51. The van der Waals surface area contributed by atoms with E-state index in [-0.39, 0.29) is 0 Å². The first-order chi connectivity index (χ1) is 10.3. The molecule has 2 saturated carbocycles. The van der Waals surface area contributed by atoms with E-state index in [9.17, 15) is 4.79 Å². The number of fused-ring (bicyclic) bond motifs is 1. The molecule has 0 spiro atoms. The molecule has 3 aliphatic rings. The maximum absolute atomic E-state index is 12.3. The summed E-state index contributed by atoms with van der Waals surface area (Å²) in [5.41, 5.74) is 0. The molecule has 0 aromatic rings. The highest BCUT2D eigenvalue weighted by molar-refractivity contribution is 5.82. The van der Waals surface area contributed by atoms with E-state index in [2.05, 4.69) is 11.8 Å². The largest absolute Gasteiger partial charge is 0.375 e. The van der Waals surface area contributed by atoms with Crippen LogP contribution >= 0.6 is 0 Å². The van der Waals surface area contributed by atoms with Gasteiger partial charge in [-0.2, -0.15) is 0 Å². The molecule has 4 atom stereocenters. The average molecular weight is 293 g/mol. The maximum atomic E-state index is 12.3. The number of carbonyl (C=O) groups is 1. The summed E-state index contributed by atoms with van der Waals surface area (Å²) in [5.74, 6) is 1.62. The Balaban J connectivity index is 1.59. The Morgan fingerprint density at radius 1 is 1.24 bits per heavy atom. The number of nitrogens with zero attached hydrogens (tertiary/aromatic N) is 1. The third-order valence-electron chi connectivity index (χ3n) is 5.87. The van der Waals surface area contributed by atoms with Crippen LogP contribution in [-0.4, -0.2) is 42.5 Å². The molecular formula is C18H31NO2. The molecule has 4 unspecified atom stereocenters. The molecule has 1 aliphatic heterocycles. The van der Waals surface area contributed by atoms with Gasteiger partial charge in [0.2, 0.25) is 0 Å². The van der Waals surface area contributed by atoms with E-state index in [0.29, 0.717) is 23.8 Å². The second kappa shape index (κ2) is 7.23. The molecular weight excluding hydrogens is 262 g/mol. The Hall–Kier alpha value is -0.410. The fourth-order valence-electron chi connectivity index (χ4n) is 4.74. The molecule has 3 fully saturated rings. The summed E-state index contributed by atoms with van der Waals surface area (Å²) in [6.07, 6.45) is 11.2. The molecule has 120 valence electrons. The summed E-state index contributed by atoms with van der Waals surface area (Å²) in [7, 11) is 0. The van der Waals surface area contributed by atoms with Gasteiger partial charge in [0.15, 0.2) is 0 Å². The Kier molecular flexibility index (Phi) is 5.33. The van der Waals surface area contributed by atoms with Gasteiger partial charge in [0, 0.05) is 31.5 Å². The van der Waals surface area contributed by atoms with Gasteiger partial charge in [-0.05, 0) is 31.6 Å². The van der Waals surface area contributed by atoms with Crippen molar-refractivity contribution in [1.29, 1.82) is 0 Å². The van der Waals surface area contributed by atoms with Crippen LogP contribution in [0.25, 0.3) is 0 Å². The van der Waals surface area contributed by atoms with Gasteiger partial charge in [-0.25, -0.2) is 0 Å². The molecule has 3 nitrogen and oxygen atoms in total. The van der Waals surface area contributed by atoms with Crippen molar-refractivity contribution in [1.82, 2.24) is 4.90 Å². The minimum absolute atomic E-state index is 0.302. The number of ketones is 1. The summed E-state index contributed by atoms with van der Waals surface area (Å²) in [4.78, 5) is 14.9. The topological polar surface area (TPSA) is 29.5 Å². The highest BCUT2D eigenvalue weighted by Crippen LogP contribution is 2.33. The van der Waals surface area contributed by atoms with Gasteiger partial charge in [-0.3, -0.25) is 9.69 Å². The van der Waals surface area contributed by atoms with Crippen LogP contribution in [0.5, 0.6) is 0 Å². The predicted octanol–water partition coefficient (Wildman–Crippen LogP) is 3.42. The lowest BCUT2D eigenvalue weighted by atomic mass is 9.78. The van der Waals surface area contributed by atoms with Crippen LogP contribution < -0.4 is 0 Å². The minimum atomic E-state index is 0.302. The van der Waals surface area contributed by atoms with Gasteiger partial charge < -0.3 is 4.74 Å². The van der Waals surface area contributed by atoms with Gasteiger partial charge >= 0.3 is 0 Å². The lowest BCUT2D eigenvalue weighted by Crippen LogP contribution is -2.54. The molecule has 3 heteroatoms. The van der Waals surface area contributed by atoms with Gasteiger partial charge in [-0.15, -0.1) is 0 Å². The zero-order valence-electron chi connectivity index (χ0n) is 13.6. The molecule has 0 radical (unpaired) electrons. The standard InChI is InChI=1S/C18H31NO2/c1-2-5-14-8-9-17(20)15(12-14)13-19-10-11-21-18-7-4-3-6-16(18)19/h14-16,18H,2-13H2,1H3. The molecule has 3 rings (SSSR count). The number of hydrogen-bond donors (Lipinski definition) is 0. The SMILES string of the molecule is CCCC1CCC(=O)C(CN2CCOC3CCCCC32)C1. The Bertz CT molecular complexity index is 355. The molecule has 0 N–H and O–H groups in total. The summed E-state index contributed by atoms with van der Waals surface area (Å²) >= 11 is 0. The Labute approximate surface area is 129 Å². The molecule has 1 saturated heterocycles. The predicted molar refractivity (Wildman–Crippen MR) is 84.3 cm³/mol. The van der Waals surface area contributed by atoms with E-state index in [4.69, 9.17) is 4.74 Å². The van der Waals surface area contributed by atoms with Crippen molar-refractivity contribution in [2.24, 2.45) is 11.8 Å². The number of carbonyl (C=O) groups excluding carboxylic acids is 1. The van der Waals surface area contributed by atoms with Crippen molar-refractivity contribution in [2.45, 2.75) is 76.9 Å². The minimum Gasteiger partial charge on any atom is -0.375 e. The first-order valence-electron chi connectivity index (χ1n) is 9.16. The summed E-state index contributed by atoms with van der Waals surface area (Å²) in [6.45, 7) is 5.16. The smallest absolute Gasteiger partial charge is 0.137 e. The van der Waals surface area contributed by atoms with Crippen LogP contribution in [-0.2, 0) is 9.53 Å². The number of ether oxygens (including phenoxy) is 1. The molecule has 0 aromatic heterocycles. The number of Topliss-reactive ketones (excluding diaryl/α,β-unsaturated/α-hetero) is 1. The molecule has 2 aliphatic carbocycles. The number of morpholine rings is 1. The third-order valence-corrected chi connectivity index (χ3v) is 5.87.